The number of hydrogen-bond donors (Lipinski definition) is 1. The van der Waals surface area contributed by atoms with Gasteiger partial charge in [0.15, 0.2) is 0 Å². The third kappa shape index (κ3) is 4.15. The molecule has 1 aromatic heterocycles. The molecule has 0 bridgehead atoms. The van der Waals surface area contributed by atoms with Gasteiger partial charge in [0, 0.05) is 51.6 Å². The molecule has 1 aliphatic rings. The van der Waals surface area contributed by atoms with Crippen LogP contribution in [0.2, 0.25) is 0 Å². The summed E-state index contributed by atoms with van der Waals surface area (Å²) in [5, 5.41) is 5.29. The van der Waals surface area contributed by atoms with Crippen molar-refractivity contribution in [2.24, 2.45) is 5.92 Å². The number of amides is 1. The third-order valence-electron chi connectivity index (χ3n) is 6.56. The second kappa shape index (κ2) is 9.17. The summed E-state index contributed by atoms with van der Waals surface area (Å²) in [6.07, 6.45) is 1.31. The molecule has 0 aliphatic carbocycles. The highest BCUT2D eigenvalue weighted by Gasteiger charge is 2.33. The summed E-state index contributed by atoms with van der Waals surface area (Å²) in [7, 11) is -3.64. The normalized spacial score (nSPS) is 17.3. The summed E-state index contributed by atoms with van der Waals surface area (Å²) in [5.74, 6) is -0.541. The number of sulfonamides is 1. The summed E-state index contributed by atoms with van der Waals surface area (Å²) >= 11 is 3.34. The number of carbonyl (C=O) groups excluding carboxylic acids is 1. The van der Waals surface area contributed by atoms with Crippen molar-refractivity contribution in [1.82, 2.24) is 8.87 Å². The van der Waals surface area contributed by atoms with E-state index >= 15 is 0 Å². The second-order valence-corrected chi connectivity index (χ2v) is 11.5. The van der Waals surface area contributed by atoms with Gasteiger partial charge in [-0.25, -0.2) is 8.42 Å². The van der Waals surface area contributed by atoms with Gasteiger partial charge >= 0.3 is 0 Å². The lowest BCUT2D eigenvalue weighted by Gasteiger charge is -2.31. The maximum Gasteiger partial charge on any atom is 0.243 e. The molecule has 6 nitrogen and oxygen atoms in total. The molecule has 0 saturated carbocycles. The van der Waals surface area contributed by atoms with Crippen molar-refractivity contribution < 1.29 is 13.2 Å². The molecule has 4 aromatic rings. The first-order valence-corrected chi connectivity index (χ1v) is 13.7. The van der Waals surface area contributed by atoms with Crippen LogP contribution >= 0.6 is 15.9 Å². The van der Waals surface area contributed by atoms with Crippen LogP contribution in [-0.4, -0.2) is 36.3 Å². The molecule has 1 aliphatic heterocycles. The van der Waals surface area contributed by atoms with E-state index in [4.69, 9.17) is 0 Å². The van der Waals surface area contributed by atoms with Gasteiger partial charge in [-0.2, -0.15) is 4.31 Å². The topological polar surface area (TPSA) is 71.4 Å². The molecule has 3 aromatic carbocycles. The number of rotatable bonds is 5. The largest absolute Gasteiger partial charge is 0.341 e. The van der Waals surface area contributed by atoms with E-state index in [1.165, 1.54) is 9.82 Å². The molecule has 1 fully saturated rings. The number of aromatic nitrogens is 1. The summed E-state index contributed by atoms with van der Waals surface area (Å²) < 4.78 is 30.7. The van der Waals surface area contributed by atoms with Crippen LogP contribution in [-0.2, 0) is 21.4 Å². The van der Waals surface area contributed by atoms with Crippen molar-refractivity contribution in [2.75, 3.05) is 18.4 Å². The standard InChI is InChI=1S/C26H26BrN3O3S/c1-2-30-24-8-4-3-7-22(24)23-16-20(11-14-25(23)30)28-26(31)18-6-5-15-29(17-18)34(32,33)21-12-9-19(27)10-13-21/h3-4,7-14,16,18H,2,5-6,15,17H2,1H3,(H,28,31)/t18-/m0/s1. The zero-order valence-electron chi connectivity index (χ0n) is 18.9. The monoisotopic (exact) mass is 539 g/mol. The van der Waals surface area contributed by atoms with E-state index in [1.807, 2.05) is 30.3 Å². The summed E-state index contributed by atoms with van der Waals surface area (Å²) in [5.41, 5.74) is 3.03. The van der Waals surface area contributed by atoms with Crippen LogP contribution in [0.1, 0.15) is 19.8 Å². The Labute approximate surface area is 207 Å². The van der Waals surface area contributed by atoms with Gasteiger partial charge in [-0.1, -0.05) is 34.1 Å². The highest BCUT2D eigenvalue weighted by atomic mass is 79.9. The number of halogens is 1. The number of hydrogen-bond acceptors (Lipinski definition) is 3. The number of carbonyl (C=O) groups is 1. The lowest BCUT2D eigenvalue weighted by molar-refractivity contribution is -0.120. The Morgan fingerprint density at radius 2 is 1.76 bits per heavy atom. The van der Waals surface area contributed by atoms with E-state index in [0.717, 1.165) is 33.0 Å². The quantitative estimate of drug-likeness (QED) is 0.358. The van der Waals surface area contributed by atoms with Crippen molar-refractivity contribution in [1.29, 1.82) is 0 Å². The SMILES string of the molecule is CCn1c2ccccc2c2cc(NC(=O)[C@H]3CCCN(S(=O)(=O)c4ccc(Br)cc4)C3)ccc21. The molecule has 1 N–H and O–H groups in total. The third-order valence-corrected chi connectivity index (χ3v) is 8.97. The smallest absolute Gasteiger partial charge is 0.243 e. The minimum atomic E-state index is -3.64. The predicted octanol–water partition coefficient (Wildman–Crippen LogP) is 5.62. The molecular formula is C26H26BrN3O3S. The Hall–Kier alpha value is -2.68. The molecule has 0 spiro atoms. The van der Waals surface area contributed by atoms with Gasteiger partial charge < -0.3 is 9.88 Å². The van der Waals surface area contributed by atoms with Crippen molar-refractivity contribution in [3.05, 3.63) is 71.2 Å². The summed E-state index contributed by atoms with van der Waals surface area (Å²) in [4.78, 5) is 13.4. The fourth-order valence-electron chi connectivity index (χ4n) is 4.85. The Kier molecular flexibility index (Phi) is 6.22. The number of aryl methyl sites for hydroxylation is 1. The summed E-state index contributed by atoms with van der Waals surface area (Å²) in [6, 6.07) is 20.9. The van der Waals surface area contributed by atoms with E-state index in [-0.39, 0.29) is 17.3 Å². The van der Waals surface area contributed by atoms with E-state index < -0.39 is 15.9 Å². The molecule has 176 valence electrons. The molecule has 1 amide bonds. The molecule has 34 heavy (non-hydrogen) atoms. The molecule has 0 unspecified atom stereocenters. The number of anilines is 1. The maximum absolute atomic E-state index is 13.1. The minimum Gasteiger partial charge on any atom is -0.341 e. The molecule has 1 saturated heterocycles. The molecular weight excluding hydrogens is 514 g/mol. The number of nitrogens with one attached hydrogen (secondary N) is 1. The first-order chi connectivity index (χ1) is 16.4. The second-order valence-electron chi connectivity index (χ2n) is 8.64. The Balaban J connectivity index is 1.37. The zero-order valence-corrected chi connectivity index (χ0v) is 21.3. The van der Waals surface area contributed by atoms with Crippen molar-refractivity contribution in [3.63, 3.8) is 0 Å². The van der Waals surface area contributed by atoms with E-state index in [0.29, 0.717) is 19.4 Å². The Morgan fingerprint density at radius 1 is 1.03 bits per heavy atom. The van der Waals surface area contributed by atoms with Crippen LogP contribution < -0.4 is 5.32 Å². The van der Waals surface area contributed by atoms with Crippen LogP contribution in [0.3, 0.4) is 0 Å². The predicted molar refractivity (Wildman–Crippen MR) is 139 cm³/mol. The van der Waals surface area contributed by atoms with Crippen LogP contribution in [0.5, 0.6) is 0 Å². The fraction of sp³-hybridized carbons (Fsp3) is 0.269. The molecule has 1 atom stereocenters. The van der Waals surface area contributed by atoms with Gasteiger partial charge in [0.05, 0.1) is 10.8 Å². The van der Waals surface area contributed by atoms with Gasteiger partial charge in [0.25, 0.3) is 0 Å². The zero-order chi connectivity index (χ0) is 23.9. The van der Waals surface area contributed by atoms with Gasteiger partial charge in [-0.3, -0.25) is 4.79 Å². The van der Waals surface area contributed by atoms with Crippen LogP contribution in [0.15, 0.2) is 76.1 Å². The average molecular weight is 540 g/mol. The molecule has 8 heteroatoms. The lowest BCUT2D eigenvalue weighted by Crippen LogP contribution is -2.43. The first kappa shape index (κ1) is 23.1. The summed E-state index contributed by atoms with van der Waals surface area (Å²) in [6.45, 7) is 3.59. The lowest BCUT2D eigenvalue weighted by atomic mass is 9.98. The van der Waals surface area contributed by atoms with Crippen LogP contribution in [0, 0.1) is 5.92 Å². The van der Waals surface area contributed by atoms with Crippen molar-refractivity contribution >= 4 is 59.4 Å². The molecule has 0 radical (unpaired) electrons. The number of benzene rings is 3. The van der Waals surface area contributed by atoms with Gasteiger partial charge in [-0.05, 0) is 68.3 Å². The number of fused-ring (bicyclic) bond motifs is 3. The maximum atomic E-state index is 13.1. The number of piperidine rings is 1. The number of nitrogens with zero attached hydrogens (tertiary/aromatic N) is 2. The van der Waals surface area contributed by atoms with Gasteiger partial charge in [0.1, 0.15) is 0 Å². The minimum absolute atomic E-state index is 0.144. The highest BCUT2D eigenvalue weighted by molar-refractivity contribution is 9.10. The van der Waals surface area contributed by atoms with E-state index in [2.05, 4.69) is 44.9 Å². The van der Waals surface area contributed by atoms with Gasteiger partial charge in [0.2, 0.25) is 15.9 Å². The van der Waals surface area contributed by atoms with Crippen LogP contribution in [0.4, 0.5) is 5.69 Å². The van der Waals surface area contributed by atoms with Crippen molar-refractivity contribution in [3.8, 4) is 0 Å². The molecule has 2 heterocycles. The molecule has 5 rings (SSSR count). The average Bonchev–Trinajstić information content (AvgIpc) is 3.17. The van der Waals surface area contributed by atoms with Gasteiger partial charge in [-0.15, -0.1) is 0 Å². The highest BCUT2D eigenvalue weighted by Crippen LogP contribution is 2.32. The Morgan fingerprint density at radius 3 is 2.53 bits per heavy atom. The van der Waals surface area contributed by atoms with Crippen LogP contribution in [0.25, 0.3) is 21.8 Å². The Bertz CT molecular complexity index is 1480. The van der Waals surface area contributed by atoms with E-state index in [1.54, 1.807) is 24.3 Å². The first-order valence-electron chi connectivity index (χ1n) is 11.5. The van der Waals surface area contributed by atoms with Crippen molar-refractivity contribution in [2.45, 2.75) is 31.2 Å². The van der Waals surface area contributed by atoms with E-state index in [9.17, 15) is 13.2 Å². The number of para-hydroxylation sites is 1. The fourth-order valence-corrected chi connectivity index (χ4v) is 6.63.